The molecule has 0 amide bonds. The summed E-state index contributed by atoms with van der Waals surface area (Å²) >= 11 is 0. The number of nitrogens with one attached hydrogen (secondary N) is 1. The number of hydrogen-bond acceptors (Lipinski definition) is 8. The summed E-state index contributed by atoms with van der Waals surface area (Å²) in [5.41, 5.74) is 8.70. The number of pyridine rings is 3. The second-order valence-electron chi connectivity index (χ2n) is 11.3. The number of halogens is 2. The van der Waals surface area contributed by atoms with Gasteiger partial charge in [-0.15, -0.1) is 0 Å². The number of anilines is 2. The number of benzene rings is 1. The smallest absolute Gasteiger partial charge is 0.341 e. The van der Waals surface area contributed by atoms with E-state index in [4.69, 9.17) is 10.5 Å². The first-order valence-electron chi connectivity index (χ1n) is 13.6. The van der Waals surface area contributed by atoms with Crippen molar-refractivity contribution >= 4 is 28.4 Å². The van der Waals surface area contributed by atoms with E-state index in [-0.39, 0.29) is 23.1 Å². The molecule has 42 heavy (non-hydrogen) atoms. The largest absolute Gasteiger partial charge is 0.477 e. The molecule has 0 spiro atoms. The SMILES string of the molecule is CNc1cc(F)c(F)c2c1Cc1ncc(-c3cnc4c(c3)c(=O)c(C(=O)O)cn4CC(C)(C)N)c(N3CCOCC3)c1-2. The lowest BCUT2D eigenvalue weighted by molar-refractivity contribution is 0.0694. The number of morpholine rings is 1. The highest BCUT2D eigenvalue weighted by atomic mass is 19.2. The van der Waals surface area contributed by atoms with Gasteiger partial charge in [-0.3, -0.25) is 9.78 Å². The molecule has 1 aliphatic carbocycles. The van der Waals surface area contributed by atoms with Crippen LogP contribution in [0.4, 0.5) is 20.2 Å². The number of ether oxygens (including phenoxy) is 1. The second-order valence-corrected chi connectivity index (χ2v) is 11.3. The molecule has 1 saturated heterocycles. The van der Waals surface area contributed by atoms with Crippen LogP contribution in [0, 0.1) is 11.6 Å². The minimum absolute atomic E-state index is 0.0974. The number of hydrogen-bond donors (Lipinski definition) is 3. The van der Waals surface area contributed by atoms with E-state index in [1.807, 2.05) is 4.90 Å². The van der Waals surface area contributed by atoms with E-state index < -0.39 is 34.1 Å². The predicted octanol–water partition coefficient (Wildman–Crippen LogP) is 3.62. The second kappa shape index (κ2) is 10.1. The van der Waals surface area contributed by atoms with Crippen LogP contribution in [0.3, 0.4) is 0 Å². The molecule has 0 bridgehead atoms. The number of aromatic nitrogens is 3. The summed E-state index contributed by atoms with van der Waals surface area (Å²) in [6, 6.07) is 2.73. The summed E-state index contributed by atoms with van der Waals surface area (Å²) in [7, 11) is 1.66. The van der Waals surface area contributed by atoms with Crippen LogP contribution >= 0.6 is 0 Å². The zero-order valence-corrected chi connectivity index (χ0v) is 23.4. The van der Waals surface area contributed by atoms with Gasteiger partial charge in [-0.25, -0.2) is 18.6 Å². The van der Waals surface area contributed by atoms with Crippen molar-refractivity contribution in [3.63, 3.8) is 0 Å². The number of fused-ring (bicyclic) bond motifs is 4. The zero-order valence-electron chi connectivity index (χ0n) is 23.4. The van der Waals surface area contributed by atoms with E-state index in [9.17, 15) is 19.1 Å². The van der Waals surface area contributed by atoms with Crippen LogP contribution in [0.2, 0.25) is 0 Å². The summed E-state index contributed by atoms with van der Waals surface area (Å²) in [4.78, 5) is 36.6. The summed E-state index contributed by atoms with van der Waals surface area (Å²) in [5, 5.41) is 12.8. The van der Waals surface area contributed by atoms with Crippen LogP contribution in [0.25, 0.3) is 33.3 Å². The predicted molar refractivity (Wildman–Crippen MR) is 155 cm³/mol. The van der Waals surface area contributed by atoms with Crippen LogP contribution in [-0.4, -0.2) is 64.5 Å². The first-order valence-corrected chi connectivity index (χ1v) is 13.6. The van der Waals surface area contributed by atoms with E-state index in [0.717, 1.165) is 6.07 Å². The average Bonchev–Trinajstić information content (AvgIpc) is 3.35. The highest BCUT2D eigenvalue weighted by Gasteiger charge is 2.34. The van der Waals surface area contributed by atoms with Crippen molar-refractivity contribution in [1.29, 1.82) is 0 Å². The van der Waals surface area contributed by atoms with Crippen molar-refractivity contribution < 1.29 is 23.4 Å². The summed E-state index contributed by atoms with van der Waals surface area (Å²) < 4.78 is 37.5. The van der Waals surface area contributed by atoms with Crippen molar-refractivity contribution in [1.82, 2.24) is 14.5 Å². The van der Waals surface area contributed by atoms with Crippen molar-refractivity contribution in [3.8, 4) is 22.3 Å². The zero-order chi connectivity index (χ0) is 29.9. The lowest BCUT2D eigenvalue weighted by atomic mass is 9.96. The number of rotatable bonds is 6. The molecule has 1 aliphatic heterocycles. The summed E-state index contributed by atoms with van der Waals surface area (Å²) in [6.45, 7) is 5.66. The number of carboxylic acid groups (broad SMARTS) is 1. The molecule has 3 aromatic heterocycles. The molecule has 1 fully saturated rings. The fraction of sp³-hybridized carbons (Fsp3) is 0.333. The van der Waals surface area contributed by atoms with Crippen LogP contribution in [-0.2, 0) is 17.7 Å². The molecule has 4 aromatic rings. The number of aromatic carboxylic acids is 1. The van der Waals surface area contributed by atoms with Crippen molar-refractivity contribution in [3.05, 3.63) is 69.4 Å². The fourth-order valence-corrected chi connectivity index (χ4v) is 5.89. The van der Waals surface area contributed by atoms with Gasteiger partial charge in [-0.05, 0) is 25.5 Å². The third-order valence-electron chi connectivity index (χ3n) is 7.68. The van der Waals surface area contributed by atoms with Crippen LogP contribution in [0.1, 0.15) is 35.5 Å². The maximum absolute atomic E-state index is 15.5. The van der Waals surface area contributed by atoms with Gasteiger partial charge in [-0.2, -0.15) is 0 Å². The van der Waals surface area contributed by atoms with Gasteiger partial charge in [0, 0.05) is 91.2 Å². The van der Waals surface area contributed by atoms with Gasteiger partial charge in [0.1, 0.15) is 11.2 Å². The van der Waals surface area contributed by atoms with E-state index in [1.165, 1.54) is 6.20 Å². The molecule has 0 radical (unpaired) electrons. The topological polar surface area (TPSA) is 136 Å². The number of nitrogens with two attached hydrogens (primary N) is 1. The Labute approximate surface area is 239 Å². The van der Waals surface area contributed by atoms with Crippen molar-refractivity contribution in [2.24, 2.45) is 5.73 Å². The first kappa shape index (κ1) is 27.7. The Kier molecular flexibility index (Phi) is 6.70. The Morgan fingerprint density at radius 1 is 1.17 bits per heavy atom. The van der Waals surface area contributed by atoms with Gasteiger partial charge in [0.15, 0.2) is 11.6 Å². The molecule has 4 heterocycles. The molecule has 0 unspecified atom stereocenters. The van der Waals surface area contributed by atoms with Gasteiger partial charge in [-0.1, -0.05) is 0 Å². The van der Waals surface area contributed by atoms with Crippen LogP contribution in [0.15, 0.2) is 35.5 Å². The van der Waals surface area contributed by atoms with E-state index in [1.54, 1.807) is 43.9 Å². The van der Waals surface area contributed by atoms with E-state index in [2.05, 4.69) is 15.3 Å². The Balaban J connectivity index is 1.64. The fourth-order valence-electron chi connectivity index (χ4n) is 5.89. The lowest BCUT2D eigenvalue weighted by Gasteiger charge is -2.32. The maximum atomic E-state index is 15.5. The van der Waals surface area contributed by atoms with Gasteiger partial charge in [0.05, 0.1) is 30.0 Å². The number of carboxylic acids is 1. The Morgan fingerprint density at radius 3 is 2.57 bits per heavy atom. The maximum Gasteiger partial charge on any atom is 0.341 e. The van der Waals surface area contributed by atoms with Gasteiger partial charge >= 0.3 is 5.97 Å². The van der Waals surface area contributed by atoms with Gasteiger partial charge in [0.25, 0.3) is 0 Å². The van der Waals surface area contributed by atoms with Crippen molar-refractivity contribution in [2.45, 2.75) is 32.4 Å². The van der Waals surface area contributed by atoms with Gasteiger partial charge < -0.3 is 30.4 Å². The molecule has 2 aliphatic rings. The standard InChI is InChI=1S/C30H30F2N6O4/c1-30(2,33)14-38-13-19(29(40)41)27(39)17-8-15(11-36-28(17)38)18-12-35-22-9-16-21(34-3)10-20(31)25(32)23(16)24(22)26(18)37-4-6-42-7-5-37/h8,10-13,34H,4-7,9,14,33H2,1-3H3,(H,40,41). The molecule has 0 saturated carbocycles. The third kappa shape index (κ3) is 4.56. The van der Waals surface area contributed by atoms with E-state index >= 15 is 4.39 Å². The minimum Gasteiger partial charge on any atom is -0.477 e. The molecular weight excluding hydrogens is 546 g/mol. The quantitative estimate of drug-likeness (QED) is 0.277. The summed E-state index contributed by atoms with van der Waals surface area (Å²) in [5.74, 6) is -3.29. The molecule has 10 nitrogen and oxygen atoms in total. The molecule has 12 heteroatoms. The monoisotopic (exact) mass is 576 g/mol. The highest BCUT2D eigenvalue weighted by Crippen LogP contribution is 2.50. The van der Waals surface area contributed by atoms with Crippen molar-refractivity contribution in [2.75, 3.05) is 43.6 Å². The Morgan fingerprint density at radius 2 is 1.90 bits per heavy atom. The average molecular weight is 577 g/mol. The number of carbonyl (C=O) groups is 1. The first-order chi connectivity index (χ1) is 20.0. The molecule has 4 N–H and O–H groups in total. The molecule has 0 atom stereocenters. The molecule has 6 rings (SSSR count). The third-order valence-corrected chi connectivity index (χ3v) is 7.68. The Hall–Kier alpha value is -4.42. The summed E-state index contributed by atoms with van der Waals surface area (Å²) in [6.07, 6.45) is 4.80. The van der Waals surface area contributed by atoms with Crippen LogP contribution < -0.4 is 21.4 Å². The normalized spacial score (nSPS) is 14.7. The van der Waals surface area contributed by atoms with Gasteiger partial charge in [0.2, 0.25) is 5.43 Å². The molecule has 1 aromatic carbocycles. The highest BCUT2D eigenvalue weighted by molar-refractivity contribution is 5.98. The molecular formula is C30H30F2N6O4. The molecule has 218 valence electrons. The lowest BCUT2D eigenvalue weighted by Crippen LogP contribution is -2.38. The number of nitrogens with zero attached hydrogens (tertiary/aromatic N) is 4. The van der Waals surface area contributed by atoms with E-state index in [0.29, 0.717) is 72.0 Å². The minimum atomic E-state index is -1.36. The Bertz CT molecular complexity index is 1830. The van der Waals surface area contributed by atoms with Crippen LogP contribution in [0.5, 0.6) is 0 Å².